The average molecular weight is 650 g/mol. The smallest absolute Gasteiger partial charge is 0.418 e. The summed E-state index contributed by atoms with van der Waals surface area (Å²) in [7, 11) is 2.98. The highest BCUT2D eigenvalue weighted by atomic mass is 32.2. The number of anilines is 2. The molecule has 3 N–H and O–H groups in total. The van der Waals surface area contributed by atoms with E-state index in [1.54, 1.807) is 79.7 Å². The number of methoxy groups -OCH3 is 2. The van der Waals surface area contributed by atoms with Crippen molar-refractivity contribution in [2.24, 2.45) is 0 Å². The minimum atomic E-state index is -4.61. The number of carbonyl (C=O) groups excluding carboxylic acids is 3. The van der Waals surface area contributed by atoms with Crippen molar-refractivity contribution in [2.75, 3.05) is 24.9 Å². The summed E-state index contributed by atoms with van der Waals surface area (Å²) in [5.41, 5.74) is -0.0945. The minimum Gasteiger partial charge on any atom is -0.497 e. The number of hydrogen-bond acceptors (Lipinski definition) is 6. The molecule has 8 nitrogen and oxygen atoms in total. The molecule has 0 aliphatic heterocycles. The molecule has 0 fully saturated rings. The number of ether oxygens (including phenoxy) is 2. The molecule has 1 unspecified atom stereocenters. The largest absolute Gasteiger partial charge is 0.497 e. The van der Waals surface area contributed by atoms with Gasteiger partial charge in [-0.15, -0.1) is 11.8 Å². The zero-order chi connectivity index (χ0) is 33.3. The quantitative estimate of drug-likeness (QED) is 0.117. The first-order chi connectivity index (χ1) is 22.0. The molecule has 4 aromatic rings. The fourth-order valence-electron chi connectivity index (χ4n) is 4.20. The predicted molar refractivity (Wildman–Crippen MR) is 172 cm³/mol. The molecule has 4 rings (SSSR count). The summed E-state index contributed by atoms with van der Waals surface area (Å²) in [4.78, 5) is 39.8. The number of carbonyl (C=O) groups is 3. The van der Waals surface area contributed by atoms with Crippen molar-refractivity contribution in [3.8, 4) is 11.5 Å². The number of thioether (sulfide) groups is 1. The third kappa shape index (κ3) is 8.91. The maximum absolute atomic E-state index is 13.5. The number of para-hydroxylation sites is 1. The van der Waals surface area contributed by atoms with Crippen LogP contribution in [0.2, 0.25) is 0 Å². The van der Waals surface area contributed by atoms with Gasteiger partial charge in [0.25, 0.3) is 11.8 Å². The standard InChI is InChI=1S/C34H30F3N3O5S/c1-21(31(41)39-28-12-8-7-11-27(28)34(35,36)37)46-26-16-13-24(14-17-26)38-33(43)29(40-32(42)22-9-5-4-6-10-22)20-23-19-25(44-2)15-18-30(23)45-3/h4-21H,1-3H3,(H,38,43)(H,39,41)(H,40,42)/b29-20-. The molecule has 0 aromatic heterocycles. The van der Waals surface area contributed by atoms with E-state index in [1.165, 1.54) is 38.5 Å². The minimum absolute atomic E-state index is 0.0664. The summed E-state index contributed by atoms with van der Waals surface area (Å²) >= 11 is 1.13. The molecule has 0 radical (unpaired) electrons. The number of amides is 3. The lowest BCUT2D eigenvalue weighted by Gasteiger charge is -2.16. The number of rotatable bonds is 11. The molecule has 3 amide bonds. The second-order valence-electron chi connectivity index (χ2n) is 9.76. The molecule has 1 atom stereocenters. The average Bonchev–Trinajstić information content (AvgIpc) is 3.05. The van der Waals surface area contributed by atoms with E-state index >= 15 is 0 Å². The topological polar surface area (TPSA) is 106 Å². The van der Waals surface area contributed by atoms with Crippen molar-refractivity contribution in [3.63, 3.8) is 0 Å². The van der Waals surface area contributed by atoms with Crippen LogP contribution in [0.4, 0.5) is 24.5 Å². The van der Waals surface area contributed by atoms with Crippen LogP contribution in [0.15, 0.2) is 108 Å². The van der Waals surface area contributed by atoms with Crippen LogP contribution in [0.1, 0.15) is 28.4 Å². The van der Waals surface area contributed by atoms with Gasteiger partial charge in [0.05, 0.1) is 30.7 Å². The molecule has 0 spiro atoms. The molecule has 0 aliphatic carbocycles. The van der Waals surface area contributed by atoms with Crippen LogP contribution >= 0.6 is 11.8 Å². The Kier molecular flexibility index (Phi) is 11.1. The Morgan fingerprint density at radius 3 is 2.15 bits per heavy atom. The molecule has 12 heteroatoms. The lowest BCUT2D eigenvalue weighted by molar-refractivity contribution is -0.137. The molecule has 0 saturated heterocycles. The van der Waals surface area contributed by atoms with Gasteiger partial charge in [-0.3, -0.25) is 14.4 Å². The highest BCUT2D eigenvalue weighted by Crippen LogP contribution is 2.35. The maximum atomic E-state index is 13.5. The van der Waals surface area contributed by atoms with Gasteiger partial charge in [-0.2, -0.15) is 13.2 Å². The van der Waals surface area contributed by atoms with Crippen molar-refractivity contribution < 1.29 is 37.0 Å². The van der Waals surface area contributed by atoms with Gasteiger partial charge in [0, 0.05) is 21.7 Å². The Bertz CT molecular complexity index is 1730. The first-order valence-corrected chi connectivity index (χ1v) is 14.7. The molecule has 46 heavy (non-hydrogen) atoms. The molecule has 238 valence electrons. The number of hydrogen-bond donors (Lipinski definition) is 3. The van der Waals surface area contributed by atoms with Gasteiger partial charge in [0.15, 0.2) is 0 Å². The molecular weight excluding hydrogens is 619 g/mol. The molecule has 0 saturated carbocycles. The van der Waals surface area contributed by atoms with E-state index in [2.05, 4.69) is 16.0 Å². The van der Waals surface area contributed by atoms with Gasteiger partial charge in [0.1, 0.15) is 17.2 Å². The number of alkyl halides is 3. The third-order valence-corrected chi connectivity index (χ3v) is 7.66. The third-order valence-electron chi connectivity index (χ3n) is 6.55. The Morgan fingerprint density at radius 2 is 1.50 bits per heavy atom. The van der Waals surface area contributed by atoms with E-state index in [1.807, 2.05) is 0 Å². The second kappa shape index (κ2) is 15.2. The van der Waals surface area contributed by atoms with Crippen molar-refractivity contribution in [3.05, 3.63) is 119 Å². The van der Waals surface area contributed by atoms with Gasteiger partial charge in [-0.25, -0.2) is 0 Å². The van der Waals surface area contributed by atoms with Crippen LogP contribution < -0.4 is 25.4 Å². The number of halogens is 3. The van der Waals surface area contributed by atoms with E-state index in [0.29, 0.717) is 33.2 Å². The van der Waals surface area contributed by atoms with Crippen LogP contribution in [0.5, 0.6) is 11.5 Å². The van der Waals surface area contributed by atoms with Crippen LogP contribution in [0.3, 0.4) is 0 Å². The molecular formula is C34H30F3N3O5S. The van der Waals surface area contributed by atoms with Crippen molar-refractivity contribution in [1.29, 1.82) is 0 Å². The predicted octanol–water partition coefficient (Wildman–Crippen LogP) is 7.25. The Hall–Kier alpha value is -5.23. The van der Waals surface area contributed by atoms with Crippen molar-refractivity contribution in [1.82, 2.24) is 5.32 Å². The normalized spacial score (nSPS) is 12.1. The van der Waals surface area contributed by atoms with E-state index in [4.69, 9.17) is 9.47 Å². The monoisotopic (exact) mass is 649 g/mol. The number of benzene rings is 4. The van der Waals surface area contributed by atoms with Gasteiger partial charge >= 0.3 is 6.18 Å². The summed E-state index contributed by atoms with van der Waals surface area (Å²) < 4.78 is 50.7. The number of nitrogens with one attached hydrogen (secondary N) is 3. The van der Waals surface area contributed by atoms with E-state index in [0.717, 1.165) is 17.8 Å². The summed E-state index contributed by atoms with van der Waals surface area (Å²) in [6, 6.07) is 24.7. The van der Waals surface area contributed by atoms with Crippen molar-refractivity contribution >= 4 is 46.9 Å². The summed E-state index contributed by atoms with van der Waals surface area (Å²) in [5, 5.41) is 7.04. The highest BCUT2D eigenvalue weighted by Gasteiger charge is 2.34. The first kappa shape index (κ1) is 33.7. The SMILES string of the molecule is COc1ccc(OC)c(/C=C(\NC(=O)c2ccccc2)C(=O)Nc2ccc(SC(C)C(=O)Nc3ccccc3C(F)(F)F)cc2)c1. The Labute approximate surface area is 268 Å². The van der Waals surface area contributed by atoms with Gasteiger partial charge in [0.2, 0.25) is 5.91 Å². The molecule has 0 heterocycles. The van der Waals surface area contributed by atoms with Gasteiger partial charge in [-0.05, 0) is 79.7 Å². The fourth-order valence-corrected chi connectivity index (χ4v) is 5.06. The lowest BCUT2D eigenvalue weighted by Crippen LogP contribution is -2.30. The van der Waals surface area contributed by atoms with Crippen LogP contribution in [0, 0.1) is 0 Å². The Balaban J connectivity index is 1.49. The summed E-state index contributed by atoms with van der Waals surface area (Å²) in [6.45, 7) is 1.57. The zero-order valence-corrected chi connectivity index (χ0v) is 25.8. The van der Waals surface area contributed by atoms with E-state index in [9.17, 15) is 27.6 Å². The fraction of sp³-hybridized carbons (Fsp3) is 0.147. The second-order valence-corrected chi connectivity index (χ2v) is 11.2. The molecule has 4 aromatic carbocycles. The van der Waals surface area contributed by atoms with E-state index in [-0.39, 0.29) is 11.4 Å². The van der Waals surface area contributed by atoms with Crippen LogP contribution in [-0.4, -0.2) is 37.2 Å². The van der Waals surface area contributed by atoms with Gasteiger partial charge in [-0.1, -0.05) is 30.3 Å². The summed E-state index contributed by atoms with van der Waals surface area (Å²) in [5.74, 6) is -0.759. The van der Waals surface area contributed by atoms with Gasteiger partial charge < -0.3 is 25.4 Å². The first-order valence-electron chi connectivity index (χ1n) is 13.8. The Morgan fingerprint density at radius 1 is 0.826 bits per heavy atom. The zero-order valence-electron chi connectivity index (χ0n) is 25.0. The highest BCUT2D eigenvalue weighted by molar-refractivity contribution is 8.00. The maximum Gasteiger partial charge on any atom is 0.418 e. The molecule has 0 aliphatic rings. The summed E-state index contributed by atoms with van der Waals surface area (Å²) in [6.07, 6.45) is -3.14. The van der Waals surface area contributed by atoms with Crippen molar-refractivity contribution in [2.45, 2.75) is 23.2 Å². The van der Waals surface area contributed by atoms with Crippen LogP contribution in [0.25, 0.3) is 6.08 Å². The molecule has 0 bridgehead atoms. The van der Waals surface area contributed by atoms with Crippen LogP contribution in [-0.2, 0) is 15.8 Å². The van der Waals surface area contributed by atoms with E-state index < -0.39 is 34.7 Å². The lowest BCUT2D eigenvalue weighted by atomic mass is 10.1.